The van der Waals surface area contributed by atoms with Gasteiger partial charge < -0.3 is 0 Å². The SMILES string of the molecule is C=C.C=CC.Cl.F.F.F.F.F.F. The van der Waals surface area contributed by atoms with Gasteiger partial charge in [-0.15, -0.1) is 32.1 Å². The standard InChI is InChI=1S/C3H6.C2H4.ClH.6FH/c1-3-2;1-2;;;;;;;/h3H,1H2,2H3;1-2H2;7*1H. The number of hydrogen-bond acceptors (Lipinski definition) is 0. The molecular weight excluding hydrogens is 209 g/mol. The van der Waals surface area contributed by atoms with Crippen molar-refractivity contribution in [2.24, 2.45) is 0 Å². The van der Waals surface area contributed by atoms with Crippen LogP contribution >= 0.6 is 12.4 Å². The fourth-order valence-electron chi connectivity index (χ4n) is 0. The van der Waals surface area contributed by atoms with Crippen molar-refractivity contribution in [2.45, 2.75) is 6.92 Å². The monoisotopic (exact) mass is 226 g/mol. The summed E-state index contributed by atoms with van der Waals surface area (Å²) in [5.74, 6) is 0. The fourth-order valence-corrected chi connectivity index (χ4v) is 0. The summed E-state index contributed by atoms with van der Waals surface area (Å²) < 4.78 is 0. The van der Waals surface area contributed by atoms with Crippen molar-refractivity contribution in [3.05, 3.63) is 25.8 Å². The van der Waals surface area contributed by atoms with E-state index >= 15 is 0 Å². The van der Waals surface area contributed by atoms with Crippen molar-refractivity contribution in [3.63, 3.8) is 0 Å². The molecule has 0 rings (SSSR count). The van der Waals surface area contributed by atoms with Gasteiger partial charge in [-0.25, -0.2) is 0 Å². The molecular formula is C5H17ClF6. The minimum absolute atomic E-state index is 0. The lowest BCUT2D eigenvalue weighted by Gasteiger charge is -1.31. The third-order valence-electron chi connectivity index (χ3n) is 0. The Morgan fingerprint density at radius 3 is 0.750 bits per heavy atom. The van der Waals surface area contributed by atoms with E-state index < -0.39 is 0 Å². The number of rotatable bonds is 0. The fraction of sp³-hybridized carbons (Fsp3) is 0.200. The highest BCUT2D eigenvalue weighted by Crippen LogP contribution is 1.38. The molecule has 0 radical (unpaired) electrons. The van der Waals surface area contributed by atoms with Crippen molar-refractivity contribution in [2.75, 3.05) is 0 Å². The van der Waals surface area contributed by atoms with E-state index in [9.17, 15) is 0 Å². The predicted molar refractivity (Wildman–Crippen MR) is 49.4 cm³/mol. The van der Waals surface area contributed by atoms with Crippen LogP contribution in [0.5, 0.6) is 0 Å². The molecule has 0 nitrogen and oxygen atoms in total. The molecule has 0 saturated heterocycles. The van der Waals surface area contributed by atoms with Gasteiger partial charge >= 0.3 is 0 Å². The zero-order chi connectivity index (χ0) is 4.71. The molecule has 0 fully saturated rings. The summed E-state index contributed by atoms with van der Waals surface area (Å²) in [6.45, 7) is 11.2. The maximum absolute atomic E-state index is 3.36. The summed E-state index contributed by atoms with van der Waals surface area (Å²) in [6.07, 6.45) is 1.75. The first-order chi connectivity index (χ1) is 2.41. The van der Waals surface area contributed by atoms with Gasteiger partial charge in [0.25, 0.3) is 0 Å². The van der Waals surface area contributed by atoms with E-state index in [2.05, 4.69) is 19.7 Å². The van der Waals surface area contributed by atoms with E-state index in [0.717, 1.165) is 0 Å². The highest BCUT2D eigenvalue weighted by Gasteiger charge is 1.15. The summed E-state index contributed by atoms with van der Waals surface area (Å²) in [7, 11) is 0. The highest BCUT2D eigenvalue weighted by atomic mass is 35.5. The average Bonchev–Trinajstić information content (AvgIpc) is 1.46. The Labute approximate surface area is 74.4 Å². The second-order valence-electron chi connectivity index (χ2n) is 0.408. The molecule has 0 aliphatic heterocycles. The van der Waals surface area contributed by atoms with Crippen LogP contribution in [0.25, 0.3) is 0 Å². The lowest BCUT2D eigenvalue weighted by Crippen LogP contribution is -1.07. The molecule has 7 heteroatoms. The largest absolute Gasteiger partial charge is 0.269 e. The first-order valence-corrected chi connectivity index (χ1v) is 1.49. The molecule has 0 N–H and O–H groups in total. The molecule has 0 aromatic carbocycles. The van der Waals surface area contributed by atoms with Crippen molar-refractivity contribution >= 4 is 12.4 Å². The summed E-state index contributed by atoms with van der Waals surface area (Å²) in [5, 5.41) is 0. The van der Waals surface area contributed by atoms with Crippen LogP contribution in [0.15, 0.2) is 25.8 Å². The molecule has 0 unspecified atom stereocenters. The number of halogens is 7. The number of hydrogen-bond donors (Lipinski definition) is 0. The highest BCUT2D eigenvalue weighted by molar-refractivity contribution is 5.85. The van der Waals surface area contributed by atoms with E-state index in [-0.39, 0.29) is 40.6 Å². The van der Waals surface area contributed by atoms with Gasteiger partial charge in [0.1, 0.15) is 0 Å². The molecule has 0 bridgehead atoms. The van der Waals surface area contributed by atoms with Crippen LogP contribution in [0.2, 0.25) is 0 Å². The molecule has 0 aliphatic carbocycles. The summed E-state index contributed by atoms with van der Waals surface area (Å²) in [6, 6.07) is 0. The van der Waals surface area contributed by atoms with Crippen LogP contribution in [0, 0.1) is 0 Å². The smallest absolute Gasteiger partial charge is 0.0473 e. The van der Waals surface area contributed by atoms with Crippen molar-refractivity contribution in [1.29, 1.82) is 0 Å². The van der Waals surface area contributed by atoms with Crippen molar-refractivity contribution in [1.82, 2.24) is 0 Å². The summed E-state index contributed by atoms with van der Waals surface area (Å²) >= 11 is 0. The van der Waals surface area contributed by atoms with Gasteiger partial charge in [0, 0.05) is 0 Å². The molecule has 86 valence electrons. The Balaban J connectivity index is -0.00000000138. The normalized spacial score (nSPS) is 1.42. The molecule has 0 aromatic rings. The van der Waals surface area contributed by atoms with E-state index in [1.54, 1.807) is 6.08 Å². The molecule has 0 heterocycles. The Morgan fingerprint density at radius 1 is 0.750 bits per heavy atom. The Morgan fingerprint density at radius 2 is 0.750 bits per heavy atom. The van der Waals surface area contributed by atoms with Gasteiger partial charge in [0.15, 0.2) is 0 Å². The summed E-state index contributed by atoms with van der Waals surface area (Å²) in [4.78, 5) is 0. The van der Waals surface area contributed by atoms with E-state index in [0.29, 0.717) is 0 Å². The van der Waals surface area contributed by atoms with Crippen LogP contribution in [-0.4, -0.2) is 0 Å². The third kappa shape index (κ3) is 1540. The zero-order valence-electron chi connectivity index (χ0n) is 6.56. The molecule has 0 saturated carbocycles. The van der Waals surface area contributed by atoms with Gasteiger partial charge in [0.2, 0.25) is 0 Å². The molecule has 0 amide bonds. The quantitative estimate of drug-likeness (QED) is 0.439. The van der Waals surface area contributed by atoms with Crippen molar-refractivity contribution in [3.8, 4) is 0 Å². The minimum atomic E-state index is 0. The van der Waals surface area contributed by atoms with Crippen LogP contribution in [0.4, 0.5) is 28.2 Å². The predicted octanol–water partition coefficient (Wildman–Crippen LogP) is 3.33. The van der Waals surface area contributed by atoms with E-state index in [4.69, 9.17) is 0 Å². The average molecular weight is 227 g/mol. The first-order valence-electron chi connectivity index (χ1n) is 1.49. The minimum Gasteiger partial charge on any atom is -0.269 e. The maximum atomic E-state index is 3.36. The van der Waals surface area contributed by atoms with Gasteiger partial charge in [-0.1, -0.05) is 6.08 Å². The van der Waals surface area contributed by atoms with Gasteiger partial charge in [0.05, 0.1) is 0 Å². The van der Waals surface area contributed by atoms with Crippen LogP contribution in [0.1, 0.15) is 6.92 Å². The van der Waals surface area contributed by atoms with Crippen LogP contribution in [0.3, 0.4) is 0 Å². The van der Waals surface area contributed by atoms with Crippen molar-refractivity contribution < 1.29 is 28.2 Å². The second kappa shape index (κ2) is 7390. The molecule has 12 heavy (non-hydrogen) atoms. The van der Waals surface area contributed by atoms with Crippen LogP contribution < -0.4 is 0 Å². The third-order valence-corrected chi connectivity index (χ3v) is 0. The Bertz CT molecular complexity index is 29.9. The van der Waals surface area contributed by atoms with E-state index in [1.165, 1.54) is 0 Å². The van der Waals surface area contributed by atoms with Gasteiger partial charge in [-0.05, 0) is 6.92 Å². The summed E-state index contributed by atoms with van der Waals surface area (Å²) in [5.41, 5.74) is 0. The topological polar surface area (TPSA) is 0 Å². The Kier molecular flexibility index (Phi) is 136000. The second-order valence-corrected chi connectivity index (χ2v) is 0.408. The van der Waals surface area contributed by atoms with E-state index in [1.807, 2.05) is 6.92 Å². The molecule has 0 aromatic heterocycles. The molecule has 0 spiro atoms. The van der Waals surface area contributed by atoms with Crippen LogP contribution in [-0.2, 0) is 0 Å². The zero-order valence-corrected chi connectivity index (χ0v) is 7.37. The maximum Gasteiger partial charge on any atom is -0.0473 e. The molecule has 0 aliphatic rings. The van der Waals surface area contributed by atoms with Gasteiger partial charge in [-0.3, -0.25) is 28.2 Å². The Hall–Kier alpha value is -0.650. The van der Waals surface area contributed by atoms with Gasteiger partial charge in [-0.2, -0.15) is 0 Å². The number of allylic oxidation sites excluding steroid dienone is 1. The lowest BCUT2D eigenvalue weighted by molar-refractivity contribution is 1.11. The first kappa shape index (κ1) is 220. The lowest BCUT2D eigenvalue weighted by atomic mass is 10.8. The molecule has 0 atom stereocenters.